The van der Waals surface area contributed by atoms with Crippen LogP contribution in [0.3, 0.4) is 0 Å². The second-order valence-electron chi connectivity index (χ2n) is 4.52. The average Bonchev–Trinajstić information content (AvgIpc) is 2.93. The lowest BCUT2D eigenvalue weighted by molar-refractivity contribution is 0.244. The van der Waals surface area contributed by atoms with E-state index >= 15 is 0 Å². The quantitative estimate of drug-likeness (QED) is 0.825. The first-order valence-corrected chi connectivity index (χ1v) is 8.41. The number of hydrogen-bond acceptors (Lipinski definition) is 4. The molecule has 0 amide bonds. The third-order valence-corrected chi connectivity index (χ3v) is 4.85. The van der Waals surface area contributed by atoms with E-state index in [2.05, 4.69) is 60.0 Å². The first-order chi connectivity index (χ1) is 9.24. The van der Waals surface area contributed by atoms with Gasteiger partial charge in [0.2, 0.25) is 0 Å². The van der Waals surface area contributed by atoms with Crippen molar-refractivity contribution in [3.05, 3.63) is 52.2 Å². The summed E-state index contributed by atoms with van der Waals surface area (Å²) < 4.78 is 0. The zero-order valence-electron chi connectivity index (χ0n) is 11.4. The van der Waals surface area contributed by atoms with E-state index in [0.29, 0.717) is 6.54 Å². The van der Waals surface area contributed by atoms with Crippen LogP contribution in [0, 0.1) is 0 Å². The van der Waals surface area contributed by atoms with Crippen molar-refractivity contribution in [3.63, 3.8) is 0 Å². The van der Waals surface area contributed by atoms with Gasteiger partial charge >= 0.3 is 0 Å². The molecular formula is C15H20N2S2. The molecule has 0 aliphatic carbocycles. The fourth-order valence-electron chi connectivity index (χ4n) is 2.16. The zero-order valence-corrected chi connectivity index (χ0v) is 13.0. The predicted octanol–water partition coefficient (Wildman–Crippen LogP) is 3.60. The van der Waals surface area contributed by atoms with Gasteiger partial charge in [-0.15, -0.1) is 23.1 Å². The zero-order chi connectivity index (χ0) is 13.7. The van der Waals surface area contributed by atoms with Gasteiger partial charge in [0.1, 0.15) is 0 Å². The minimum absolute atomic E-state index is 0.276. The number of nitrogens with two attached hydrogens (primary N) is 1. The average molecular weight is 292 g/mol. The van der Waals surface area contributed by atoms with Crippen LogP contribution in [0.2, 0.25) is 0 Å². The third-order valence-electron chi connectivity index (χ3n) is 3.24. The summed E-state index contributed by atoms with van der Waals surface area (Å²) in [5.74, 6) is 0. The van der Waals surface area contributed by atoms with Crippen LogP contribution < -0.4 is 5.73 Å². The molecule has 2 aromatic rings. The van der Waals surface area contributed by atoms with Gasteiger partial charge in [-0.3, -0.25) is 4.90 Å². The molecule has 1 heterocycles. The smallest absolute Gasteiger partial charge is 0.0471 e. The standard InChI is InChI=1S/C15H20N2S2/c1-17(11-14-4-3-9-19-14)15(10-16)12-5-7-13(18-2)8-6-12/h3-9,15H,10-11,16H2,1-2H3. The molecule has 19 heavy (non-hydrogen) atoms. The number of hydrogen-bond donors (Lipinski definition) is 1. The van der Waals surface area contributed by atoms with Crippen molar-refractivity contribution in [1.82, 2.24) is 4.90 Å². The van der Waals surface area contributed by atoms with Gasteiger partial charge in [0.05, 0.1) is 0 Å². The molecule has 0 aliphatic rings. The summed E-state index contributed by atoms with van der Waals surface area (Å²) in [6.07, 6.45) is 2.10. The molecule has 1 atom stereocenters. The molecule has 0 aliphatic heterocycles. The summed E-state index contributed by atoms with van der Waals surface area (Å²) in [6.45, 7) is 1.59. The van der Waals surface area contributed by atoms with Gasteiger partial charge in [-0.1, -0.05) is 18.2 Å². The van der Waals surface area contributed by atoms with E-state index in [1.165, 1.54) is 15.3 Å². The van der Waals surface area contributed by atoms with Crippen LogP contribution in [0.4, 0.5) is 0 Å². The van der Waals surface area contributed by atoms with Gasteiger partial charge < -0.3 is 5.73 Å². The SMILES string of the molecule is CSc1ccc(C(CN)N(C)Cc2cccs2)cc1. The lowest BCUT2D eigenvalue weighted by Gasteiger charge is -2.27. The molecule has 102 valence electrons. The van der Waals surface area contributed by atoms with Gasteiger partial charge in [-0.05, 0) is 42.4 Å². The van der Waals surface area contributed by atoms with Crippen LogP contribution in [0.1, 0.15) is 16.5 Å². The highest BCUT2D eigenvalue weighted by Crippen LogP contribution is 2.24. The molecule has 1 aromatic heterocycles. The molecule has 0 spiro atoms. The van der Waals surface area contributed by atoms with E-state index in [4.69, 9.17) is 5.73 Å². The Labute approximate surface area is 123 Å². The Kier molecular flexibility index (Phi) is 5.45. The van der Waals surface area contributed by atoms with Gasteiger partial charge in [0.15, 0.2) is 0 Å². The van der Waals surface area contributed by atoms with E-state index in [-0.39, 0.29) is 6.04 Å². The minimum Gasteiger partial charge on any atom is -0.329 e. The fourth-order valence-corrected chi connectivity index (χ4v) is 3.33. The minimum atomic E-state index is 0.276. The highest BCUT2D eigenvalue weighted by molar-refractivity contribution is 7.98. The highest BCUT2D eigenvalue weighted by atomic mass is 32.2. The molecule has 2 N–H and O–H groups in total. The van der Waals surface area contributed by atoms with Crippen molar-refractivity contribution in [1.29, 1.82) is 0 Å². The van der Waals surface area contributed by atoms with Gasteiger partial charge in [0.25, 0.3) is 0 Å². The predicted molar refractivity (Wildman–Crippen MR) is 85.8 cm³/mol. The number of nitrogens with zero attached hydrogens (tertiary/aromatic N) is 1. The fraction of sp³-hybridized carbons (Fsp3) is 0.333. The number of thiophene rings is 1. The summed E-state index contributed by atoms with van der Waals surface area (Å²) >= 11 is 3.56. The molecule has 0 saturated carbocycles. The molecule has 0 radical (unpaired) electrons. The Hall–Kier alpha value is -0.810. The van der Waals surface area contributed by atoms with Gasteiger partial charge in [-0.25, -0.2) is 0 Å². The highest BCUT2D eigenvalue weighted by Gasteiger charge is 2.15. The third kappa shape index (κ3) is 3.83. The molecule has 1 unspecified atom stereocenters. The van der Waals surface area contributed by atoms with Crippen LogP contribution in [0.5, 0.6) is 0 Å². The van der Waals surface area contributed by atoms with Crippen LogP contribution in [-0.2, 0) is 6.54 Å². The molecule has 1 aromatic carbocycles. The van der Waals surface area contributed by atoms with E-state index in [9.17, 15) is 0 Å². The summed E-state index contributed by atoms with van der Waals surface area (Å²) in [5.41, 5.74) is 7.25. The van der Waals surface area contributed by atoms with Crippen LogP contribution in [0.15, 0.2) is 46.7 Å². The topological polar surface area (TPSA) is 29.3 Å². The molecule has 0 saturated heterocycles. The second-order valence-corrected chi connectivity index (χ2v) is 6.43. The Morgan fingerprint density at radius 1 is 1.26 bits per heavy atom. The molecule has 0 bridgehead atoms. The van der Waals surface area contributed by atoms with E-state index in [0.717, 1.165) is 6.54 Å². The van der Waals surface area contributed by atoms with Crippen molar-refractivity contribution in [2.75, 3.05) is 19.8 Å². The normalized spacial score (nSPS) is 12.8. The maximum absolute atomic E-state index is 5.96. The molecular weight excluding hydrogens is 272 g/mol. The lowest BCUT2D eigenvalue weighted by atomic mass is 10.1. The second kappa shape index (κ2) is 7.10. The van der Waals surface area contributed by atoms with Crippen molar-refractivity contribution in [2.45, 2.75) is 17.5 Å². The van der Waals surface area contributed by atoms with Crippen LogP contribution >= 0.6 is 23.1 Å². The number of likely N-dealkylation sites (N-methyl/N-ethyl adjacent to an activating group) is 1. The van der Waals surface area contributed by atoms with Crippen molar-refractivity contribution >= 4 is 23.1 Å². The van der Waals surface area contributed by atoms with Crippen LogP contribution in [-0.4, -0.2) is 24.7 Å². The van der Waals surface area contributed by atoms with E-state index in [1.54, 1.807) is 23.1 Å². The number of rotatable bonds is 6. The van der Waals surface area contributed by atoms with Gasteiger partial charge in [-0.2, -0.15) is 0 Å². The van der Waals surface area contributed by atoms with Crippen molar-refractivity contribution in [3.8, 4) is 0 Å². The van der Waals surface area contributed by atoms with Crippen molar-refractivity contribution < 1.29 is 0 Å². The summed E-state index contributed by atoms with van der Waals surface area (Å²) in [6, 6.07) is 13.3. The molecule has 0 fully saturated rings. The van der Waals surface area contributed by atoms with E-state index in [1.807, 2.05) is 0 Å². The van der Waals surface area contributed by atoms with Crippen LogP contribution in [0.25, 0.3) is 0 Å². The van der Waals surface area contributed by atoms with E-state index < -0.39 is 0 Å². The molecule has 2 rings (SSSR count). The molecule has 2 nitrogen and oxygen atoms in total. The van der Waals surface area contributed by atoms with Gasteiger partial charge in [0, 0.05) is 28.9 Å². The number of thioether (sulfide) groups is 1. The Morgan fingerprint density at radius 2 is 2.00 bits per heavy atom. The summed E-state index contributed by atoms with van der Waals surface area (Å²) in [7, 11) is 2.14. The van der Waals surface area contributed by atoms with Crippen molar-refractivity contribution in [2.24, 2.45) is 5.73 Å². The molecule has 4 heteroatoms. The lowest BCUT2D eigenvalue weighted by Crippen LogP contribution is -2.29. The Balaban J connectivity index is 2.09. The summed E-state index contributed by atoms with van der Waals surface area (Å²) in [4.78, 5) is 4.99. The largest absolute Gasteiger partial charge is 0.329 e. The maximum Gasteiger partial charge on any atom is 0.0471 e. The monoisotopic (exact) mass is 292 g/mol. The summed E-state index contributed by atoms with van der Waals surface area (Å²) in [5, 5.41) is 2.12. The Morgan fingerprint density at radius 3 is 2.53 bits per heavy atom. The first-order valence-electron chi connectivity index (χ1n) is 6.31. The number of benzene rings is 1. The maximum atomic E-state index is 5.96. The first kappa shape index (κ1) is 14.6. The Bertz CT molecular complexity index is 479.